The lowest BCUT2D eigenvalue weighted by Crippen LogP contribution is -2.55. The molecular weight excluding hydrogens is 848 g/mol. The predicted molar refractivity (Wildman–Crippen MR) is 244 cm³/mol. The van der Waals surface area contributed by atoms with E-state index < -0.39 is 23.9 Å². The lowest BCUT2D eigenvalue weighted by molar-refractivity contribution is -0.151. The quantitative estimate of drug-likeness (QED) is 0.0896. The summed E-state index contributed by atoms with van der Waals surface area (Å²) in [5, 5.41) is 11.7. The molecule has 4 aromatic carbocycles. The van der Waals surface area contributed by atoms with E-state index in [2.05, 4.69) is 27.2 Å². The molecule has 16 nitrogen and oxygen atoms in total. The highest BCUT2D eigenvalue weighted by atomic mass is 35.5. The van der Waals surface area contributed by atoms with Crippen LogP contribution in [0.3, 0.4) is 0 Å². The van der Waals surface area contributed by atoms with Gasteiger partial charge in [-0.25, -0.2) is 19.4 Å². The molecule has 3 aliphatic heterocycles. The van der Waals surface area contributed by atoms with E-state index in [4.69, 9.17) is 27.2 Å². The number of piperidine rings is 2. The van der Waals surface area contributed by atoms with Gasteiger partial charge in [0.1, 0.15) is 35.4 Å². The summed E-state index contributed by atoms with van der Waals surface area (Å²) < 4.78 is 7.78. The Balaban J connectivity index is 0.838. The van der Waals surface area contributed by atoms with Crippen LogP contribution in [0.4, 0.5) is 16.3 Å². The largest absolute Gasteiger partial charge is 0.457 e. The van der Waals surface area contributed by atoms with Crippen LogP contribution in [0.5, 0.6) is 11.5 Å². The molecule has 0 aliphatic carbocycles. The Morgan fingerprint density at radius 3 is 2.52 bits per heavy atom. The van der Waals surface area contributed by atoms with E-state index in [0.29, 0.717) is 69.4 Å². The van der Waals surface area contributed by atoms with Gasteiger partial charge < -0.3 is 30.9 Å². The number of nitrogens with zero attached hydrogens (tertiary/aromatic N) is 7. The van der Waals surface area contributed by atoms with Crippen molar-refractivity contribution in [3.8, 4) is 22.8 Å². The molecule has 65 heavy (non-hydrogen) atoms. The maximum absolute atomic E-state index is 14.0. The second-order valence-electron chi connectivity index (χ2n) is 16.4. The number of aryl methyl sites for hydroxylation is 1. The molecule has 0 radical (unpaired) electrons. The van der Waals surface area contributed by atoms with Crippen LogP contribution >= 0.6 is 11.6 Å². The summed E-state index contributed by atoms with van der Waals surface area (Å²) in [4.78, 5) is 80.6. The van der Waals surface area contributed by atoms with E-state index in [9.17, 15) is 24.0 Å². The molecule has 5 heterocycles. The van der Waals surface area contributed by atoms with Gasteiger partial charge in [-0.2, -0.15) is 5.10 Å². The number of anilines is 2. The van der Waals surface area contributed by atoms with Crippen LogP contribution in [0.1, 0.15) is 58.8 Å². The Hall–Kier alpha value is -7.59. The van der Waals surface area contributed by atoms with E-state index in [1.165, 1.54) is 11.2 Å². The molecule has 2 fully saturated rings. The van der Waals surface area contributed by atoms with Gasteiger partial charge in [-0.3, -0.25) is 24.1 Å². The van der Waals surface area contributed by atoms with Gasteiger partial charge in [0.15, 0.2) is 5.65 Å². The van der Waals surface area contributed by atoms with Crippen molar-refractivity contribution in [2.24, 2.45) is 0 Å². The van der Waals surface area contributed by atoms with E-state index in [1.807, 2.05) is 73.7 Å². The summed E-state index contributed by atoms with van der Waals surface area (Å²) in [6.45, 7) is 6.66. The Morgan fingerprint density at radius 2 is 1.74 bits per heavy atom. The standard InChI is InChI=1S/C48H45ClN10O6/c1-28-10-14-33(22-38(28)49)54-48(64)51-23-30-11-17-37-32(21-30)25-57(46(37)62)39-18-19-40(60)58(47(39)63)24-29(2)45(61)56-20-6-7-34(26-56)59-44-41(43(50)52-27-53-44)42(55-59)31-12-15-36(16-13-31)65-35-8-4-3-5-9-35/h3-5,8-17,21-22,27,34,39H,2,6-7,18-20,23-26H2,1H3,(H2,50,52,53)(H2,51,54,64). The zero-order chi connectivity index (χ0) is 45.4. The summed E-state index contributed by atoms with van der Waals surface area (Å²) in [6, 6.07) is 25.9. The van der Waals surface area contributed by atoms with Crippen LogP contribution in [-0.4, -0.2) is 89.8 Å². The first-order valence-corrected chi connectivity index (χ1v) is 21.7. The maximum Gasteiger partial charge on any atom is 0.319 e. The van der Waals surface area contributed by atoms with Gasteiger partial charge in [0.25, 0.3) is 17.7 Å². The number of nitrogens with one attached hydrogen (secondary N) is 2. The average Bonchev–Trinajstić information content (AvgIpc) is 3.87. The third kappa shape index (κ3) is 8.72. The summed E-state index contributed by atoms with van der Waals surface area (Å²) in [7, 11) is 0. The van der Waals surface area contributed by atoms with Gasteiger partial charge in [-0.1, -0.05) is 54.6 Å². The van der Waals surface area contributed by atoms with Crippen molar-refractivity contribution in [2.45, 2.75) is 57.8 Å². The number of fused-ring (bicyclic) bond motifs is 2. The Bertz CT molecular complexity index is 2890. The molecular formula is C48H45ClN10O6. The molecule has 2 atom stereocenters. The Morgan fingerprint density at radius 1 is 0.954 bits per heavy atom. The van der Waals surface area contributed by atoms with Crippen LogP contribution in [0, 0.1) is 6.92 Å². The normalized spacial score (nSPS) is 17.3. The number of likely N-dealkylation sites (tertiary alicyclic amines) is 2. The van der Waals surface area contributed by atoms with Gasteiger partial charge in [0.05, 0.1) is 18.0 Å². The Kier molecular flexibility index (Phi) is 11.7. The second-order valence-corrected chi connectivity index (χ2v) is 16.8. The number of hydrogen-bond donors (Lipinski definition) is 3. The van der Waals surface area contributed by atoms with Gasteiger partial charge in [-0.15, -0.1) is 0 Å². The number of carbonyl (C=O) groups is 5. The number of amides is 6. The second kappa shape index (κ2) is 17.9. The lowest BCUT2D eigenvalue weighted by atomic mass is 10.0. The molecule has 6 aromatic rings. The van der Waals surface area contributed by atoms with E-state index in [0.717, 1.165) is 21.6 Å². The van der Waals surface area contributed by atoms with Crippen LogP contribution < -0.4 is 21.1 Å². The van der Waals surface area contributed by atoms with E-state index in [-0.39, 0.29) is 68.3 Å². The third-order valence-corrected chi connectivity index (χ3v) is 12.5. The molecule has 17 heteroatoms. The number of aromatic nitrogens is 4. The van der Waals surface area contributed by atoms with Crippen molar-refractivity contribution >= 4 is 63.8 Å². The highest BCUT2D eigenvalue weighted by Crippen LogP contribution is 2.36. The van der Waals surface area contributed by atoms with Crippen LogP contribution in [0.2, 0.25) is 5.02 Å². The molecule has 3 aliphatic rings. The van der Waals surface area contributed by atoms with Crippen molar-refractivity contribution in [2.75, 3.05) is 30.7 Å². The van der Waals surface area contributed by atoms with Crippen LogP contribution in [0.15, 0.2) is 109 Å². The van der Waals surface area contributed by atoms with Crippen LogP contribution in [0.25, 0.3) is 22.3 Å². The molecule has 4 N–H and O–H groups in total. The molecule has 6 amide bonds. The van der Waals surface area contributed by atoms with Gasteiger partial charge in [-0.05, 0) is 97.5 Å². The average molecular weight is 893 g/mol. The number of nitrogen functional groups attached to an aromatic ring is 1. The SMILES string of the molecule is C=C(CN1C(=O)CCC(N2Cc3cc(CNC(=O)Nc4ccc(C)c(Cl)c4)ccc3C2=O)C1=O)C(=O)N1CCCC(n2nc(-c3ccc(Oc4ccccc4)cc3)c3c(N)ncnc32)C1. The van der Waals surface area contributed by atoms with Crippen molar-refractivity contribution < 1.29 is 28.7 Å². The summed E-state index contributed by atoms with van der Waals surface area (Å²) in [5.41, 5.74) is 11.8. The maximum atomic E-state index is 14.0. The fourth-order valence-corrected chi connectivity index (χ4v) is 8.82. The topological polar surface area (TPSA) is 198 Å². The first kappa shape index (κ1) is 42.7. The minimum absolute atomic E-state index is 0.0166. The Labute approximate surface area is 379 Å². The number of urea groups is 1. The smallest absolute Gasteiger partial charge is 0.319 e. The third-order valence-electron chi connectivity index (χ3n) is 12.1. The van der Waals surface area contributed by atoms with Crippen LogP contribution in [-0.2, 0) is 27.5 Å². The molecule has 9 rings (SSSR count). The number of imide groups is 1. The number of halogens is 1. The molecule has 0 saturated carbocycles. The van der Waals surface area contributed by atoms with Gasteiger partial charge >= 0.3 is 6.03 Å². The predicted octanol–water partition coefficient (Wildman–Crippen LogP) is 7.04. The van der Waals surface area contributed by atoms with E-state index in [1.54, 1.807) is 33.8 Å². The monoisotopic (exact) mass is 892 g/mol. The first-order valence-electron chi connectivity index (χ1n) is 21.3. The van der Waals surface area contributed by atoms with Crippen molar-refractivity contribution in [3.05, 3.63) is 137 Å². The number of benzene rings is 4. The zero-order valence-corrected chi connectivity index (χ0v) is 36.3. The molecule has 330 valence electrons. The molecule has 2 aromatic heterocycles. The fourth-order valence-electron chi connectivity index (χ4n) is 8.64. The lowest BCUT2D eigenvalue weighted by Gasteiger charge is -2.37. The van der Waals surface area contributed by atoms with E-state index >= 15 is 0 Å². The molecule has 2 saturated heterocycles. The molecule has 0 bridgehead atoms. The minimum atomic E-state index is -0.909. The van der Waals surface area contributed by atoms with Crippen molar-refractivity contribution in [1.82, 2.24) is 39.8 Å². The number of hydrogen-bond acceptors (Lipinski definition) is 10. The fraction of sp³-hybridized carbons (Fsp3) is 0.250. The number of ether oxygens (including phenoxy) is 1. The highest BCUT2D eigenvalue weighted by molar-refractivity contribution is 6.31. The molecule has 0 spiro atoms. The minimum Gasteiger partial charge on any atom is -0.457 e. The summed E-state index contributed by atoms with van der Waals surface area (Å²) in [5.74, 6) is -0.0720. The first-order chi connectivity index (χ1) is 31.4. The molecule has 2 unspecified atom stereocenters. The summed E-state index contributed by atoms with van der Waals surface area (Å²) >= 11 is 6.19. The number of nitrogens with two attached hydrogens (primary N) is 1. The zero-order valence-electron chi connectivity index (χ0n) is 35.5. The number of para-hydroxylation sites is 1. The van der Waals surface area contributed by atoms with Gasteiger partial charge in [0, 0.05) is 60.0 Å². The summed E-state index contributed by atoms with van der Waals surface area (Å²) in [6.07, 6.45) is 2.92. The van der Waals surface area contributed by atoms with Gasteiger partial charge in [0.2, 0.25) is 5.91 Å². The number of carbonyl (C=O) groups excluding carboxylic acids is 5. The van der Waals surface area contributed by atoms with Crippen molar-refractivity contribution in [1.29, 1.82) is 0 Å². The number of rotatable bonds is 11. The van der Waals surface area contributed by atoms with Crippen molar-refractivity contribution in [3.63, 3.8) is 0 Å². The highest BCUT2D eigenvalue weighted by Gasteiger charge is 2.43.